The summed E-state index contributed by atoms with van der Waals surface area (Å²) in [7, 11) is 0. The zero-order valence-electron chi connectivity index (χ0n) is 8.52. The molecule has 2 N–H and O–H groups in total. The SMILES string of the molecule is Cc1ccc(CCC2(N)CC2)cc1F. The standard InChI is InChI=1S/C12H16FN/c1-9-2-3-10(8-11(9)13)4-5-12(14)6-7-12/h2-3,8H,4-7,14H2,1H3. The number of aryl methyl sites for hydroxylation is 2. The second kappa shape index (κ2) is 3.35. The average Bonchev–Trinajstić information content (AvgIpc) is 2.87. The van der Waals surface area contributed by atoms with Crippen LogP contribution in [0.2, 0.25) is 0 Å². The van der Waals surface area contributed by atoms with Crippen molar-refractivity contribution < 1.29 is 4.39 Å². The molecule has 2 heteroatoms. The molecular weight excluding hydrogens is 177 g/mol. The van der Waals surface area contributed by atoms with Gasteiger partial charge in [0.2, 0.25) is 0 Å². The van der Waals surface area contributed by atoms with Gasteiger partial charge in [-0.25, -0.2) is 4.39 Å². The van der Waals surface area contributed by atoms with Crippen LogP contribution in [-0.2, 0) is 6.42 Å². The molecule has 0 atom stereocenters. The summed E-state index contributed by atoms with van der Waals surface area (Å²) < 4.78 is 13.2. The summed E-state index contributed by atoms with van der Waals surface area (Å²) in [5, 5.41) is 0. The molecule has 1 nitrogen and oxygen atoms in total. The van der Waals surface area contributed by atoms with E-state index in [1.165, 1.54) is 0 Å². The van der Waals surface area contributed by atoms with Crippen molar-refractivity contribution in [1.29, 1.82) is 0 Å². The molecule has 14 heavy (non-hydrogen) atoms. The lowest BCUT2D eigenvalue weighted by atomic mass is 10.0. The minimum Gasteiger partial charge on any atom is -0.325 e. The Morgan fingerprint density at radius 2 is 2.14 bits per heavy atom. The van der Waals surface area contributed by atoms with Crippen LogP contribution in [-0.4, -0.2) is 5.54 Å². The van der Waals surface area contributed by atoms with Crippen molar-refractivity contribution in [3.63, 3.8) is 0 Å². The van der Waals surface area contributed by atoms with Gasteiger partial charge in [0.25, 0.3) is 0 Å². The van der Waals surface area contributed by atoms with Crippen molar-refractivity contribution >= 4 is 0 Å². The first-order valence-electron chi connectivity index (χ1n) is 5.13. The lowest BCUT2D eigenvalue weighted by Gasteiger charge is -2.08. The molecule has 0 spiro atoms. The highest BCUT2D eigenvalue weighted by atomic mass is 19.1. The Bertz CT molecular complexity index is 342. The Labute approximate surface area is 84.1 Å². The van der Waals surface area contributed by atoms with Gasteiger partial charge in [-0.1, -0.05) is 12.1 Å². The third-order valence-electron chi connectivity index (χ3n) is 3.04. The first-order valence-corrected chi connectivity index (χ1v) is 5.13. The average molecular weight is 193 g/mol. The van der Waals surface area contributed by atoms with E-state index in [0.717, 1.165) is 31.2 Å². The Morgan fingerprint density at radius 3 is 2.71 bits per heavy atom. The van der Waals surface area contributed by atoms with E-state index >= 15 is 0 Å². The third kappa shape index (κ3) is 2.13. The fourth-order valence-corrected chi connectivity index (χ4v) is 1.60. The van der Waals surface area contributed by atoms with Gasteiger partial charge in [0.15, 0.2) is 0 Å². The molecule has 1 aromatic carbocycles. The van der Waals surface area contributed by atoms with Crippen LogP contribution in [0.3, 0.4) is 0 Å². The van der Waals surface area contributed by atoms with Gasteiger partial charge >= 0.3 is 0 Å². The summed E-state index contributed by atoms with van der Waals surface area (Å²) in [6.45, 7) is 1.78. The van der Waals surface area contributed by atoms with Crippen LogP contribution in [0, 0.1) is 12.7 Å². The Balaban J connectivity index is 1.99. The van der Waals surface area contributed by atoms with Gasteiger partial charge in [-0.15, -0.1) is 0 Å². The Kier molecular flexibility index (Phi) is 2.31. The predicted octanol–water partition coefficient (Wildman–Crippen LogP) is 2.56. The number of rotatable bonds is 3. The zero-order chi connectivity index (χ0) is 10.2. The quantitative estimate of drug-likeness (QED) is 0.784. The molecule has 0 bridgehead atoms. The van der Waals surface area contributed by atoms with Gasteiger partial charge in [-0.05, 0) is 49.8 Å². The predicted molar refractivity (Wildman–Crippen MR) is 55.6 cm³/mol. The van der Waals surface area contributed by atoms with Crippen LogP contribution in [0.4, 0.5) is 4.39 Å². The number of hydrogen-bond acceptors (Lipinski definition) is 1. The lowest BCUT2D eigenvalue weighted by molar-refractivity contribution is 0.596. The normalized spacial score (nSPS) is 18.2. The smallest absolute Gasteiger partial charge is 0.126 e. The highest BCUT2D eigenvalue weighted by molar-refractivity contribution is 5.23. The molecule has 0 radical (unpaired) electrons. The van der Waals surface area contributed by atoms with Crippen molar-refractivity contribution in [3.8, 4) is 0 Å². The summed E-state index contributed by atoms with van der Waals surface area (Å²) in [5.74, 6) is -0.107. The largest absolute Gasteiger partial charge is 0.325 e. The van der Waals surface area contributed by atoms with E-state index < -0.39 is 0 Å². The molecule has 0 saturated heterocycles. The molecule has 0 heterocycles. The van der Waals surface area contributed by atoms with E-state index in [1.54, 1.807) is 13.0 Å². The van der Waals surface area contributed by atoms with Crippen molar-refractivity contribution in [1.82, 2.24) is 0 Å². The van der Waals surface area contributed by atoms with E-state index in [-0.39, 0.29) is 11.4 Å². The molecule has 76 valence electrons. The monoisotopic (exact) mass is 193 g/mol. The van der Waals surface area contributed by atoms with Gasteiger partial charge in [-0.3, -0.25) is 0 Å². The summed E-state index contributed by atoms with van der Waals surface area (Å²) in [5.41, 5.74) is 7.81. The molecule has 0 aliphatic heterocycles. The maximum absolute atomic E-state index is 13.2. The maximum atomic E-state index is 13.2. The van der Waals surface area contributed by atoms with Crippen LogP contribution in [0.15, 0.2) is 18.2 Å². The van der Waals surface area contributed by atoms with E-state index in [4.69, 9.17) is 5.73 Å². The fourth-order valence-electron chi connectivity index (χ4n) is 1.60. The van der Waals surface area contributed by atoms with E-state index in [1.807, 2.05) is 12.1 Å². The topological polar surface area (TPSA) is 26.0 Å². The minimum atomic E-state index is -0.107. The molecule has 0 unspecified atom stereocenters. The van der Waals surface area contributed by atoms with Gasteiger partial charge in [-0.2, -0.15) is 0 Å². The fraction of sp³-hybridized carbons (Fsp3) is 0.500. The Morgan fingerprint density at radius 1 is 1.43 bits per heavy atom. The second-order valence-electron chi connectivity index (χ2n) is 4.45. The molecular formula is C12H16FN. The van der Waals surface area contributed by atoms with E-state index in [0.29, 0.717) is 5.56 Å². The highest BCUT2D eigenvalue weighted by Crippen LogP contribution is 2.36. The van der Waals surface area contributed by atoms with Crippen LogP contribution in [0.5, 0.6) is 0 Å². The molecule has 1 aromatic rings. The van der Waals surface area contributed by atoms with Crippen molar-refractivity contribution in [2.24, 2.45) is 5.73 Å². The summed E-state index contributed by atoms with van der Waals surface area (Å²) >= 11 is 0. The molecule has 1 saturated carbocycles. The number of nitrogens with two attached hydrogens (primary N) is 1. The highest BCUT2D eigenvalue weighted by Gasteiger charge is 2.37. The summed E-state index contributed by atoms with van der Waals surface area (Å²) in [6.07, 6.45) is 4.13. The van der Waals surface area contributed by atoms with Crippen molar-refractivity contribution in [2.45, 2.75) is 38.1 Å². The van der Waals surface area contributed by atoms with E-state index in [2.05, 4.69) is 0 Å². The van der Waals surface area contributed by atoms with E-state index in [9.17, 15) is 4.39 Å². The summed E-state index contributed by atoms with van der Waals surface area (Å²) in [6, 6.07) is 5.45. The van der Waals surface area contributed by atoms with Crippen molar-refractivity contribution in [2.75, 3.05) is 0 Å². The number of halogens is 1. The molecule has 2 rings (SSSR count). The number of hydrogen-bond donors (Lipinski definition) is 1. The summed E-state index contributed by atoms with van der Waals surface area (Å²) in [4.78, 5) is 0. The molecule has 1 aliphatic rings. The van der Waals surface area contributed by atoms with Gasteiger partial charge in [0.1, 0.15) is 5.82 Å². The van der Waals surface area contributed by atoms with Crippen molar-refractivity contribution in [3.05, 3.63) is 35.1 Å². The minimum absolute atomic E-state index is 0.0708. The van der Waals surface area contributed by atoms with Gasteiger partial charge in [0, 0.05) is 5.54 Å². The van der Waals surface area contributed by atoms with Crippen LogP contribution in [0.1, 0.15) is 30.4 Å². The van der Waals surface area contributed by atoms with Crippen LogP contribution >= 0.6 is 0 Å². The maximum Gasteiger partial charge on any atom is 0.126 e. The van der Waals surface area contributed by atoms with Gasteiger partial charge < -0.3 is 5.73 Å². The van der Waals surface area contributed by atoms with Gasteiger partial charge in [0.05, 0.1) is 0 Å². The molecule has 0 amide bonds. The third-order valence-corrected chi connectivity index (χ3v) is 3.04. The first-order chi connectivity index (χ1) is 6.59. The Hall–Kier alpha value is -0.890. The molecule has 1 fully saturated rings. The van der Waals surface area contributed by atoms with Crippen LogP contribution < -0.4 is 5.73 Å². The number of benzene rings is 1. The van der Waals surface area contributed by atoms with Crippen LogP contribution in [0.25, 0.3) is 0 Å². The first kappa shape index (κ1) is 9.66. The zero-order valence-corrected chi connectivity index (χ0v) is 8.52. The second-order valence-corrected chi connectivity index (χ2v) is 4.45. The lowest BCUT2D eigenvalue weighted by Crippen LogP contribution is -2.22. The molecule has 0 aromatic heterocycles. The molecule has 1 aliphatic carbocycles.